The number of hydrogen-bond acceptors (Lipinski definition) is 1. The Hall–Kier alpha value is -1.44. The number of rotatable bonds is 0. The second kappa shape index (κ2) is 4.04. The van der Waals surface area contributed by atoms with Gasteiger partial charge in [0.1, 0.15) is 0 Å². The molecular formula is C15H11Cl2N. The van der Waals surface area contributed by atoms with Gasteiger partial charge >= 0.3 is 0 Å². The lowest BCUT2D eigenvalue weighted by molar-refractivity contribution is 1.17. The van der Waals surface area contributed by atoms with Crippen LogP contribution in [0.4, 0.5) is 11.4 Å². The van der Waals surface area contributed by atoms with Gasteiger partial charge < -0.3 is 4.90 Å². The largest absolute Gasteiger partial charge is 0.344 e. The number of fused-ring (bicyclic) bond motifs is 2. The van der Waals surface area contributed by atoms with E-state index in [1.54, 1.807) is 0 Å². The van der Waals surface area contributed by atoms with E-state index in [0.29, 0.717) is 10.0 Å². The van der Waals surface area contributed by atoms with Gasteiger partial charge in [-0.15, -0.1) is 0 Å². The van der Waals surface area contributed by atoms with E-state index in [2.05, 4.69) is 11.5 Å². The van der Waals surface area contributed by atoms with Crippen molar-refractivity contribution in [3.8, 4) is 0 Å². The third-order valence-corrected chi connectivity index (χ3v) is 3.94. The highest BCUT2D eigenvalue weighted by Gasteiger charge is 2.26. The van der Waals surface area contributed by atoms with Gasteiger partial charge in [-0.05, 0) is 29.8 Å². The number of halogens is 2. The van der Waals surface area contributed by atoms with Gasteiger partial charge in [-0.25, -0.2) is 0 Å². The fourth-order valence-corrected chi connectivity index (χ4v) is 3.00. The van der Waals surface area contributed by atoms with Gasteiger partial charge in [0.2, 0.25) is 0 Å². The third-order valence-electron chi connectivity index (χ3n) is 3.31. The molecule has 0 amide bonds. The molecule has 0 bridgehead atoms. The summed E-state index contributed by atoms with van der Waals surface area (Å²) >= 11 is 12.6. The smallest absolute Gasteiger partial charge is 0.0505 e. The average molecular weight is 276 g/mol. The highest BCUT2D eigenvalue weighted by molar-refractivity contribution is 6.36. The Morgan fingerprint density at radius 3 is 1.78 bits per heavy atom. The van der Waals surface area contributed by atoms with Crippen LogP contribution in [0.15, 0.2) is 43.0 Å². The molecule has 0 unspecified atom stereocenters. The van der Waals surface area contributed by atoms with Crippen LogP contribution in [0.5, 0.6) is 0 Å². The fraction of sp³-hybridized carbons (Fsp3) is 0.0667. The maximum absolute atomic E-state index is 6.29. The zero-order valence-corrected chi connectivity index (χ0v) is 11.4. The molecule has 0 atom stereocenters. The van der Waals surface area contributed by atoms with Crippen LogP contribution in [0.1, 0.15) is 11.1 Å². The standard InChI is InChI=1S/C15H11Cl2N/c1-9-14-10(16)5-3-7-12(14)18(2)13-8-4-6-11(17)15(9)13/h3-8H,1H2,2H3. The summed E-state index contributed by atoms with van der Waals surface area (Å²) in [4.78, 5) is 2.09. The van der Waals surface area contributed by atoms with Crippen LogP contribution in [0.3, 0.4) is 0 Å². The van der Waals surface area contributed by atoms with Crippen LogP contribution in [-0.2, 0) is 0 Å². The van der Waals surface area contributed by atoms with E-state index in [1.807, 2.05) is 43.4 Å². The topological polar surface area (TPSA) is 3.24 Å². The van der Waals surface area contributed by atoms with Crippen molar-refractivity contribution in [1.29, 1.82) is 0 Å². The van der Waals surface area contributed by atoms with E-state index in [-0.39, 0.29) is 0 Å². The Morgan fingerprint density at radius 1 is 0.889 bits per heavy atom. The van der Waals surface area contributed by atoms with E-state index < -0.39 is 0 Å². The number of benzene rings is 2. The highest BCUT2D eigenvalue weighted by Crippen LogP contribution is 2.48. The molecule has 3 rings (SSSR count). The zero-order chi connectivity index (χ0) is 12.9. The Labute approximate surface area is 116 Å². The minimum absolute atomic E-state index is 0.704. The van der Waals surface area contributed by atoms with Crippen LogP contribution in [-0.4, -0.2) is 7.05 Å². The first-order valence-corrected chi connectivity index (χ1v) is 6.37. The molecule has 18 heavy (non-hydrogen) atoms. The molecule has 2 aromatic carbocycles. The number of hydrogen-bond donors (Lipinski definition) is 0. The Kier molecular flexibility index (Phi) is 2.61. The van der Waals surface area contributed by atoms with Crippen LogP contribution >= 0.6 is 23.2 Å². The van der Waals surface area contributed by atoms with Gasteiger partial charge in [0.05, 0.1) is 21.4 Å². The van der Waals surface area contributed by atoms with Crippen LogP contribution in [0, 0.1) is 0 Å². The Morgan fingerprint density at radius 2 is 1.33 bits per heavy atom. The van der Waals surface area contributed by atoms with Gasteiger partial charge in [-0.2, -0.15) is 0 Å². The lowest BCUT2D eigenvalue weighted by Crippen LogP contribution is -2.18. The van der Waals surface area contributed by atoms with Gasteiger partial charge in [0, 0.05) is 18.2 Å². The first-order valence-electron chi connectivity index (χ1n) is 5.61. The molecule has 1 aliphatic heterocycles. The quantitative estimate of drug-likeness (QED) is 0.644. The Bertz CT molecular complexity index is 606. The predicted octanol–water partition coefficient (Wildman–Crippen LogP) is 5.14. The molecule has 1 nitrogen and oxygen atoms in total. The number of nitrogens with zero attached hydrogens (tertiary/aromatic N) is 1. The van der Waals surface area contributed by atoms with Crippen LogP contribution in [0.2, 0.25) is 10.0 Å². The molecule has 1 heterocycles. The van der Waals surface area contributed by atoms with Crippen molar-refractivity contribution in [2.75, 3.05) is 11.9 Å². The molecule has 3 heteroatoms. The lowest BCUT2D eigenvalue weighted by atomic mass is 9.91. The lowest BCUT2D eigenvalue weighted by Gasteiger charge is -2.32. The van der Waals surface area contributed by atoms with Gasteiger partial charge in [-0.3, -0.25) is 0 Å². The molecule has 0 fully saturated rings. The minimum atomic E-state index is 0.704. The molecular weight excluding hydrogens is 265 g/mol. The summed E-state index contributed by atoms with van der Waals surface area (Å²) in [6, 6.07) is 11.7. The van der Waals surface area contributed by atoms with Crippen molar-refractivity contribution in [3.05, 3.63) is 64.1 Å². The zero-order valence-electron chi connectivity index (χ0n) is 9.87. The summed E-state index contributed by atoms with van der Waals surface area (Å²) in [6.45, 7) is 4.16. The SMILES string of the molecule is C=C1c2c(Cl)cccc2N(C)c2cccc(Cl)c21. The maximum Gasteiger partial charge on any atom is 0.0505 e. The van der Waals surface area contributed by atoms with E-state index in [4.69, 9.17) is 23.2 Å². The van der Waals surface area contributed by atoms with Gasteiger partial charge in [-0.1, -0.05) is 41.9 Å². The molecule has 2 aromatic rings. The molecule has 0 spiro atoms. The maximum atomic E-state index is 6.29. The number of anilines is 2. The van der Waals surface area contributed by atoms with Crippen molar-refractivity contribution in [1.82, 2.24) is 0 Å². The molecule has 0 saturated carbocycles. The summed E-state index contributed by atoms with van der Waals surface area (Å²) in [6.07, 6.45) is 0. The van der Waals surface area contributed by atoms with E-state index in [0.717, 1.165) is 28.1 Å². The van der Waals surface area contributed by atoms with Crippen molar-refractivity contribution in [2.24, 2.45) is 0 Å². The fourth-order valence-electron chi connectivity index (χ4n) is 2.44. The summed E-state index contributed by atoms with van der Waals surface area (Å²) in [5.74, 6) is 0. The summed E-state index contributed by atoms with van der Waals surface area (Å²) in [5.41, 5.74) is 4.92. The molecule has 90 valence electrons. The van der Waals surface area contributed by atoms with E-state index >= 15 is 0 Å². The van der Waals surface area contributed by atoms with Crippen molar-refractivity contribution < 1.29 is 0 Å². The summed E-state index contributed by atoms with van der Waals surface area (Å²) < 4.78 is 0. The minimum Gasteiger partial charge on any atom is -0.344 e. The molecule has 0 saturated heterocycles. The van der Waals surface area contributed by atoms with E-state index in [1.165, 1.54) is 0 Å². The average Bonchev–Trinajstić information content (AvgIpc) is 2.35. The second-order valence-corrected chi connectivity index (χ2v) is 5.12. The molecule has 0 aromatic heterocycles. The molecule has 1 aliphatic rings. The first-order chi connectivity index (χ1) is 8.61. The van der Waals surface area contributed by atoms with Gasteiger partial charge in [0.15, 0.2) is 0 Å². The van der Waals surface area contributed by atoms with Crippen LogP contribution in [0.25, 0.3) is 5.57 Å². The summed E-state index contributed by atoms with van der Waals surface area (Å²) in [7, 11) is 2.01. The van der Waals surface area contributed by atoms with Crippen LogP contribution < -0.4 is 4.90 Å². The first kappa shape index (κ1) is 11.6. The normalized spacial score (nSPS) is 13.3. The summed E-state index contributed by atoms with van der Waals surface area (Å²) in [5, 5.41) is 1.41. The van der Waals surface area contributed by atoms with Crippen molar-refractivity contribution in [3.63, 3.8) is 0 Å². The van der Waals surface area contributed by atoms with Crippen molar-refractivity contribution in [2.45, 2.75) is 0 Å². The van der Waals surface area contributed by atoms with Gasteiger partial charge in [0.25, 0.3) is 0 Å². The second-order valence-electron chi connectivity index (χ2n) is 4.31. The van der Waals surface area contributed by atoms with E-state index in [9.17, 15) is 0 Å². The third kappa shape index (κ3) is 1.48. The monoisotopic (exact) mass is 275 g/mol. The molecule has 0 aliphatic carbocycles. The van der Waals surface area contributed by atoms with Crippen molar-refractivity contribution >= 4 is 40.1 Å². The molecule has 0 N–H and O–H groups in total. The predicted molar refractivity (Wildman–Crippen MR) is 79.1 cm³/mol. The highest BCUT2D eigenvalue weighted by atomic mass is 35.5. The molecule has 0 radical (unpaired) electrons. The Balaban J connectivity index is 2.36.